The number of aromatic hydroxyl groups is 1. The molecule has 264 valence electrons. The Morgan fingerprint density at radius 1 is 0.922 bits per heavy atom. The smallest absolute Gasteiger partial charge is 0.347 e. The number of Topliss-reactive ketones (excluding diaryl/α,β-unsaturated/α-hetero) is 1. The maximum Gasteiger partial charge on any atom is 0.347 e. The van der Waals surface area contributed by atoms with Gasteiger partial charge < -0.3 is 23.9 Å². The van der Waals surface area contributed by atoms with Gasteiger partial charge in [-0.2, -0.15) is 0 Å². The summed E-state index contributed by atoms with van der Waals surface area (Å²) in [6.45, 7) is -0.149. The van der Waals surface area contributed by atoms with Gasteiger partial charge in [0, 0.05) is 66.2 Å². The van der Waals surface area contributed by atoms with E-state index in [0.29, 0.717) is 38.1 Å². The molecule has 3 aliphatic rings. The molecule has 14 nitrogen and oxygen atoms in total. The highest BCUT2D eigenvalue weighted by Crippen LogP contribution is 2.54. The Labute approximate surface area is 313 Å². The maximum atomic E-state index is 14.2. The average Bonchev–Trinajstić information content (AvgIpc) is 3.37. The van der Waals surface area contributed by atoms with Gasteiger partial charge in [0.05, 0.1) is 53.9 Å². The van der Waals surface area contributed by atoms with Crippen molar-refractivity contribution in [3.8, 4) is 23.0 Å². The molecule has 0 bridgehead atoms. The minimum absolute atomic E-state index is 0.000679. The van der Waals surface area contributed by atoms with Crippen LogP contribution in [0.15, 0.2) is 74.9 Å². The van der Waals surface area contributed by atoms with Gasteiger partial charge in [0.25, 0.3) is 5.56 Å². The van der Waals surface area contributed by atoms with Crippen LogP contribution < -0.4 is 31.1 Å². The van der Waals surface area contributed by atoms with Crippen LogP contribution >= 0.6 is 47.8 Å². The van der Waals surface area contributed by atoms with Crippen LogP contribution in [0.2, 0.25) is 0 Å². The number of aryl methyl sites for hydroxylation is 2. The monoisotopic (exact) mass is 887 g/mol. The number of methoxy groups -OCH3 is 3. The van der Waals surface area contributed by atoms with E-state index >= 15 is 0 Å². The molecule has 0 fully saturated rings. The van der Waals surface area contributed by atoms with Crippen LogP contribution in [-0.2, 0) is 36.1 Å². The van der Waals surface area contributed by atoms with Gasteiger partial charge in [-0.05, 0) is 65.0 Å². The molecule has 2 aromatic heterocycles. The van der Waals surface area contributed by atoms with E-state index in [9.17, 15) is 29.1 Å². The fraction of sp³-hybridized carbons (Fsp3) is 0.294. The average molecular weight is 890 g/mol. The summed E-state index contributed by atoms with van der Waals surface area (Å²) in [5.41, 5.74) is 1.04. The van der Waals surface area contributed by atoms with Gasteiger partial charge >= 0.3 is 11.4 Å². The normalized spacial score (nSPS) is 18.3. The van der Waals surface area contributed by atoms with Gasteiger partial charge in [-0.3, -0.25) is 14.4 Å². The first kappa shape index (κ1) is 34.9. The molecule has 2 aromatic carbocycles. The molecule has 2 aliphatic carbocycles. The molecule has 17 heteroatoms. The lowest BCUT2D eigenvalue weighted by Gasteiger charge is -2.39. The number of benzene rings is 2. The Hall–Kier alpha value is -4.48. The Bertz CT molecular complexity index is 2520. The minimum Gasteiger partial charge on any atom is -0.503 e. The lowest BCUT2D eigenvalue weighted by atomic mass is 9.69. The molecule has 0 saturated heterocycles. The Balaban J connectivity index is 1.32. The molecule has 0 spiro atoms. The number of carbonyl (C=O) groups is 2. The van der Waals surface area contributed by atoms with Crippen molar-refractivity contribution in [1.82, 2.24) is 23.5 Å². The summed E-state index contributed by atoms with van der Waals surface area (Å²) in [4.78, 5) is 73.1. The molecule has 51 heavy (non-hydrogen) atoms. The predicted molar refractivity (Wildman–Crippen MR) is 195 cm³/mol. The maximum absolute atomic E-state index is 14.2. The third kappa shape index (κ3) is 5.30. The largest absolute Gasteiger partial charge is 0.503 e. The Morgan fingerprint density at radius 2 is 1.61 bits per heavy atom. The molecule has 0 unspecified atom stereocenters. The molecule has 1 aliphatic heterocycles. The number of nitrogens with zero attached hydrogens (tertiary/aromatic N) is 5. The number of ketones is 2. The first-order valence-corrected chi connectivity index (χ1v) is 17.9. The number of rotatable bonds is 7. The number of allylic oxidation sites excluding steroid dienone is 6. The van der Waals surface area contributed by atoms with Crippen LogP contribution in [0.5, 0.6) is 23.0 Å². The van der Waals surface area contributed by atoms with Crippen LogP contribution in [0.3, 0.4) is 0 Å². The third-order valence-corrected chi connectivity index (χ3v) is 12.4. The van der Waals surface area contributed by atoms with Crippen molar-refractivity contribution in [3.05, 3.63) is 103 Å². The first-order chi connectivity index (χ1) is 24.3. The number of ether oxygens (including phenoxy) is 3. The molecular formula is C34H28Br3N5O9. The van der Waals surface area contributed by atoms with E-state index < -0.39 is 34.7 Å². The summed E-state index contributed by atoms with van der Waals surface area (Å²) in [6.07, 6.45) is 2.96. The predicted octanol–water partition coefficient (Wildman–Crippen LogP) is 3.95. The summed E-state index contributed by atoms with van der Waals surface area (Å²) in [7, 11) is 5.97. The molecule has 0 saturated carbocycles. The quantitative estimate of drug-likeness (QED) is 0.212. The first-order valence-electron chi connectivity index (χ1n) is 15.5. The SMILES string of the molecule is COc1cc2nc(CCn3c(=O)n4n(c3=O)[C@@H]3CC5=C(C(=O)C=C(Br)C5=O)[C@@H](c5cc(OC)c(O)c(Br)c5Br)C3=CC4)c(=O)n(C)c2cc1OC. The zero-order chi connectivity index (χ0) is 36.6. The van der Waals surface area contributed by atoms with Crippen LogP contribution in [0.4, 0.5) is 0 Å². The zero-order valence-corrected chi connectivity index (χ0v) is 32.2. The summed E-state index contributed by atoms with van der Waals surface area (Å²) in [5, 5.41) is 10.7. The molecule has 2 atom stereocenters. The van der Waals surface area contributed by atoms with E-state index in [1.54, 1.807) is 31.3 Å². The van der Waals surface area contributed by atoms with Crippen molar-refractivity contribution in [2.75, 3.05) is 21.3 Å². The molecule has 4 aromatic rings. The van der Waals surface area contributed by atoms with Crippen molar-refractivity contribution in [2.24, 2.45) is 7.05 Å². The number of hydrogen-bond donors (Lipinski definition) is 1. The fourth-order valence-electron chi connectivity index (χ4n) is 7.14. The Morgan fingerprint density at radius 3 is 2.29 bits per heavy atom. The van der Waals surface area contributed by atoms with Crippen LogP contribution in [0.25, 0.3) is 11.0 Å². The molecular weight excluding hydrogens is 862 g/mol. The zero-order valence-electron chi connectivity index (χ0n) is 27.5. The second kappa shape index (κ2) is 12.9. The van der Waals surface area contributed by atoms with Crippen molar-refractivity contribution in [2.45, 2.75) is 37.9 Å². The highest BCUT2D eigenvalue weighted by molar-refractivity contribution is 9.13. The van der Waals surface area contributed by atoms with Crippen molar-refractivity contribution in [1.29, 1.82) is 0 Å². The standard InChI is InChI=1S/C34H28Br3N5O9/c1-39-21-13-24(50-3)23(49-2)12-19(21)38-18(32(39)46)6-7-40-33(47)41-8-5-14-20(42(41)34(40)48)9-16-27(22(43)11-17(35)30(16)44)26(14)15-10-25(51-4)31(45)29(37)28(15)36/h5,10-13,20,26,45H,6-9H2,1-4H3/t20-,26-/m1/s1. The van der Waals surface area contributed by atoms with Gasteiger partial charge in [0.1, 0.15) is 5.69 Å². The number of fused-ring (bicyclic) bond motifs is 4. The fourth-order valence-corrected chi connectivity index (χ4v) is 8.54. The van der Waals surface area contributed by atoms with Gasteiger partial charge in [-0.1, -0.05) is 6.08 Å². The lowest BCUT2D eigenvalue weighted by molar-refractivity contribution is -0.115. The molecule has 3 heterocycles. The second-order valence-electron chi connectivity index (χ2n) is 12.1. The summed E-state index contributed by atoms with van der Waals surface area (Å²) < 4.78 is 22.1. The molecule has 0 radical (unpaired) electrons. The molecule has 7 rings (SSSR count). The van der Waals surface area contributed by atoms with E-state index in [-0.39, 0.29) is 69.0 Å². The topological polar surface area (TPSA) is 166 Å². The lowest BCUT2D eigenvalue weighted by Crippen LogP contribution is -2.40. The van der Waals surface area contributed by atoms with Gasteiger partial charge in [-0.15, -0.1) is 0 Å². The van der Waals surface area contributed by atoms with Gasteiger partial charge in [0.15, 0.2) is 34.6 Å². The highest BCUT2D eigenvalue weighted by atomic mass is 79.9. The van der Waals surface area contributed by atoms with Crippen LogP contribution in [0, 0.1) is 0 Å². The molecule has 0 amide bonds. The van der Waals surface area contributed by atoms with Crippen molar-refractivity contribution in [3.63, 3.8) is 0 Å². The summed E-state index contributed by atoms with van der Waals surface area (Å²) in [5.74, 6) is -0.822. The van der Waals surface area contributed by atoms with E-state index in [2.05, 4.69) is 52.8 Å². The van der Waals surface area contributed by atoms with Crippen molar-refractivity contribution < 1.29 is 28.9 Å². The highest BCUT2D eigenvalue weighted by Gasteiger charge is 2.46. The number of aromatic nitrogens is 5. The number of hydrogen-bond acceptors (Lipinski definition) is 10. The van der Waals surface area contributed by atoms with Crippen molar-refractivity contribution >= 4 is 70.4 Å². The van der Waals surface area contributed by atoms with E-state index in [1.165, 1.54) is 41.3 Å². The number of phenolic OH excluding ortho intramolecular Hbond substituents is 1. The van der Waals surface area contributed by atoms with Gasteiger partial charge in [0.2, 0.25) is 0 Å². The van der Waals surface area contributed by atoms with Gasteiger partial charge in [-0.25, -0.2) is 28.5 Å². The van der Waals surface area contributed by atoms with Crippen LogP contribution in [0.1, 0.15) is 29.6 Å². The van der Waals surface area contributed by atoms with E-state index in [0.717, 1.165) is 4.57 Å². The van der Waals surface area contributed by atoms with E-state index in [4.69, 9.17) is 14.2 Å². The second-order valence-corrected chi connectivity index (χ2v) is 14.5. The Kier molecular flexibility index (Phi) is 8.86. The molecule has 1 N–H and O–H groups in total. The number of phenols is 1. The number of carbonyl (C=O) groups excluding carboxylic acids is 2. The third-order valence-electron chi connectivity index (χ3n) is 9.60. The minimum atomic E-state index is -0.841. The van der Waals surface area contributed by atoms with E-state index in [1.807, 2.05) is 0 Å². The summed E-state index contributed by atoms with van der Waals surface area (Å²) in [6, 6.07) is 4.06. The number of halogens is 3. The van der Waals surface area contributed by atoms with Crippen LogP contribution in [-0.4, -0.2) is 61.5 Å². The summed E-state index contributed by atoms with van der Waals surface area (Å²) >= 11 is 10.2.